The smallest absolute Gasteiger partial charge is 0.160 e. The third kappa shape index (κ3) is 4.85. The van der Waals surface area contributed by atoms with Crippen molar-refractivity contribution in [2.45, 2.75) is 5.41 Å². The molecule has 12 rings (SSSR count). The molecule has 0 fully saturated rings. The van der Waals surface area contributed by atoms with Crippen LogP contribution >= 0.6 is 0 Å². The average Bonchev–Trinajstić information content (AvgIpc) is 3.75. The molecule has 1 spiro atoms. The van der Waals surface area contributed by atoms with E-state index in [0.717, 1.165) is 61.1 Å². The first kappa shape index (κ1) is 32.5. The highest BCUT2D eigenvalue weighted by Gasteiger charge is 2.49. The second kappa shape index (κ2) is 12.7. The number of hydrogen-bond acceptors (Lipinski definition) is 4. The van der Waals surface area contributed by atoms with Gasteiger partial charge in [-0.3, -0.25) is 4.98 Å². The zero-order chi connectivity index (χ0) is 38.2. The predicted octanol–water partition coefficient (Wildman–Crippen LogP) is 13.3. The average molecular weight is 740 g/mol. The summed E-state index contributed by atoms with van der Waals surface area (Å²) in [5.74, 6) is 0.685. The van der Waals surface area contributed by atoms with Crippen molar-refractivity contribution in [3.63, 3.8) is 0 Å². The van der Waals surface area contributed by atoms with Gasteiger partial charge in [-0.2, -0.15) is 0 Å². The Hall–Kier alpha value is -7.69. The molecule has 4 nitrogen and oxygen atoms in total. The number of nitrogens with zero attached hydrogens (tertiary/aromatic N) is 3. The van der Waals surface area contributed by atoms with Gasteiger partial charge in [-0.25, -0.2) is 9.97 Å². The Morgan fingerprint density at radius 3 is 1.93 bits per heavy atom. The molecule has 1 atom stereocenters. The SMILES string of the molecule is C1=Cc2ccc(-c3cc(-c4ccc(-c5cccnc5)cc4)nc(-c4ccccc4)n3)cc2C2(c3ccccc31)c1ccccc1-c1cc3oc4ccccc4c3cc12. The molecule has 2 aliphatic rings. The van der Waals surface area contributed by atoms with E-state index >= 15 is 0 Å². The number of para-hydroxylation sites is 1. The first-order valence-corrected chi connectivity index (χ1v) is 19.7. The molecule has 7 aromatic carbocycles. The lowest BCUT2D eigenvalue weighted by Gasteiger charge is -2.35. The lowest BCUT2D eigenvalue weighted by Crippen LogP contribution is -2.30. The topological polar surface area (TPSA) is 51.8 Å². The Balaban J connectivity index is 1.11. The van der Waals surface area contributed by atoms with E-state index in [4.69, 9.17) is 14.4 Å². The van der Waals surface area contributed by atoms with Crippen molar-refractivity contribution in [1.29, 1.82) is 0 Å². The largest absolute Gasteiger partial charge is 0.456 e. The molecule has 58 heavy (non-hydrogen) atoms. The van der Waals surface area contributed by atoms with E-state index in [1.807, 2.05) is 36.5 Å². The molecule has 0 N–H and O–H groups in total. The summed E-state index contributed by atoms with van der Waals surface area (Å²) in [7, 11) is 0. The summed E-state index contributed by atoms with van der Waals surface area (Å²) in [5.41, 5.74) is 17.9. The van der Waals surface area contributed by atoms with Crippen LogP contribution in [0.2, 0.25) is 0 Å². The second-order valence-electron chi connectivity index (χ2n) is 15.2. The summed E-state index contributed by atoms with van der Waals surface area (Å²) >= 11 is 0. The molecule has 270 valence electrons. The van der Waals surface area contributed by atoms with Gasteiger partial charge >= 0.3 is 0 Å². The Morgan fingerprint density at radius 1 is 0.397 bits per heavy atom. The van der Waals surface area contributed by atoms with E-state index in [1.54, 1.807) is 6.20 Å². The van der Waals surface area contributed by atoms with E-state index in [1.165, 1.54) is 44.5 Å². The van der Waals surface area contributed by atoms with E-state index in [2.05, 4.69) is 163 Å². The van der Waals surface area contributed by atoms with Crippen LogP contribution in [0.15, 0.2) is 193 Å². The zero-order valence-corrected chi connectivity index (χ0v) is 31.3. The number of hydrogen-bond donors (Lipinski definition) is 0. The molecule has 0 saturated heterocycles. The van der Waals surface area contributed by atoms with E-state index in [9.17, 15) is 0 Å². The van der Waals surface area contributed by atoms with Crippen molar-refractivity contribution >= 4 is 34.1 Å². The molecular formula is C54H33N3O. The molecule has 0 saturated carbocycles. The first-order valence-electron chi connectivity index (χ1n) is 19.7. The van der Waals surface area contributed by atoms with Crippen LogP contribution in [0.1, 0.15) is 33.4 Å². The maximum Gasteiger partial charge on any atom is 0.160 e. The third-order valence-corrected chi connectivity index (χ3v) is 12.0. The van der Waals surface area contributed by atoms with Crippen LogP contribution in [-0.2, 0) is 5.41 Å². The molecule has 3 heterocycles. The molecule has 4 heteroatoms. The molecule has 1 unspecified atom stereocenters. The van der Waals surface area contributed by atoms with E-state index in [-0.39, 0.29) is 0 Å². The van der Waals surface area contributed by atoms with Crippen molar-refractivity contribution in [2.75, 3.05) is 0 Å². The molecule has 0 amide bonds. The van der Waals surface area contributed by atoms with Gasteiger partial charge in [0, 0.05) is 39.9 Å². The number of furan rings is 1. The fourth-order valence-electron chi connectivity index (χ4n) is 9.40. The molecule has 0 bridgehead atoms. The fourth-order valence-corrected chi connectivity index (χ4v) is 9.40. The van der Waals surface area contributed by atoms with Crippen LogP contribution in [0.4, 0.5) is 0 Å². The van der Waals surface area contributed by atoms with Gasteiger partial charge in [0.25, 0.3) is 0 Å². The minimum Gasteiger partial charge on any atom is -0.456 e. The molecule has 10 aromatic rings. The quantitative estimate of drug-likeness (QED) is 0.180. The lowest BCUT2D eigenvalue weighted by atomic mass is 9.65. The van der Waals surface area contributed by atoms with Gasteiger partial charge in [-0.15, -0.1) is 0 Å². The van der Waals surface area contributed by atoms with Crippen LogP contribution in [-0.4, -0.2) is 15.0 Å². The van der Waals surface area contributed by atoms with Gasteiger partial charge in [0.1, 0.15) is 11.2 Å². The van der Waals surface area contributed by atoms with Gasteiger partial charge in [-0.05, 0) is 92.0 Å². The minimum absolute atomic E-state index is 0.621. The molecule has 0 radical (unpaired) electrons. The standard InChI is InChI=1S/C54H33N3O/c1-2-12-38(13-3-1)53-56-49(37-25-20-34(21-26-37)40-14-10-28-55-33-40)32-50(57-53)39-27-24-36-23-22-35-11-4-7-17-45(35)54(47(36)29-39)46-18-8-5-15-41(46)43-31-52-44(30-48(43)54)42-16-6-9-19-51(42)58-52/h1-33H. The van der Waals surface area contributed by atoms with Crippen molar-refractivity contribution in [1.82, 2.24) is 15.0 Å². The summed E-state index contributed by atoms with van der Waals surface area (Å²) in [4.78, 5) is 14.8. The Morgan fingerprint density at radius 2 is 1.09 bits per heavy atom. The molecule has 2 aliphatic carbocycles. The summed E-state index contributed by atoms with van der Waals surface area (Å²) in [6, 6.07) is 62.7. The monoisotopic (exact) mass is 739 g/mol. The summed E-state index contributed by atoms with van der Waals surface area (Å²) < 4.78 is 6.50. The van der Waals surface area contributed by atoms with Gasteiger partial charge < -0.3 is 4.42 Å². The van der Waals surface area contributed by atoms with Crippen molar-refractivity contribution in [3.05, 3.63) is 222 Å². The molecular weight excluding hydrogens is 707 g/mol. The van der Waals surface area contributed by atoms with E-state index in [0.29, 0.717) is 5.82 Å². The summed E-state index contributed by atoms with van der Waals surface area (Å²) in [5, 5.41) is 2.24. The summed E-state index contributed by atoms with van der Waals surface area (Å²) in [6.45, 7) is 0. The molecule has 0 aliphatic heterocycles. The number of pyridine rings is 1. The Labute approximate surface area is 335 Å². The number of aromatic nitrogens is 3. The number of fused-ring (bicyclic) bond motifs is 12. The van der Waals surface area contributed by atoms with Crippen LogP contribution in [0.5, 0.6) is 0 Å². The highest BCUT2D eigenvalue weighted by molar-refractivity contribution is 6.08. The lowest BCUT2D eigenvalue weighted by molar-refractivity contribution is 0.668. The van der Waals surface area contributed by atoms with E-state index < -0.39 is 5.41 Å². The predicted molar refractivity (Wildman–Crippen MR) is 235 cm³/mol. The van der Waals surface area contributed by atoms with Gasteiger partial charge in [-0.1, -0.05) is 152 Å². The number of rotatable bonds is 4. The Bertz CT molecular complexity index is 3270. The van der Waals surface area contributed by atoms with Crippen molar-refractivity contribution in [2.24, 2.45) is 0 Å². The number of benzene rings is 7. The first-order chi connectivity index (χ1) is 28.7. The molecule has 3 aromatic heterocycles. The Kier molecular flexibility index (Phi) is 7.11. The van der Waals surface area contributed by atoms with Crippen LogP contribution < -0.4 is 0 Å². The van der Waals surface area contributed by atoms with Crippen molar-refractivity contribution in [3.8, 4) is 56.2 Å². The van der Waals surface area contributed by atoms with Gasteiger partial charge in [0.2, 0.25) is 0 Å². The normalized spacial score (nSPS) is 14.9. The third-order valence-electron chi connectivity index (χ3n) is 12.0. The van der Waals surface area contributed by atoms with Crippen LogP contribution in [0, 0.1) is 0 Å². The zero-order valence-electron chi connectivity index (χ0n) is 31.3. The van der Waals surface area contributed by atoms with Crippen molar-refractivity contribution < 1.29 is 4.42 Å². The van der Waals surface area contributed by atoms with Crippen LogP contribution in [0.3, 0.4) is 0 Å². The van der Waals surface area contributed by atoms with Gasteiger partial charge in [0.15, 0.2) is 5.82 Å². The maximum absolute atomic E-state index is 6.50. The maximum atomic E-state index is 6.50. The fraction of sp³-hybridized carbons (Fsp3) is 0.0185. The van der Waals surface area contributed by atoms with Crippen LogP contribution in [0.25, 0.3) is 90.2 Å². The summed E-state index contributed by atoms with van der Waals surface area (Å²) in [6.07, 6.45) is 8.25. The highest BCUT2D eigenvalue weighted by atomic mass is 16.3. The highest BCUT2D eigenvalue weighted by Crippen LogP contribution is 2.60. The van der Waals surface area contributed by atoms with Gasteiger partial charge in [0.05, 0.1) is 16.8 Å². The minimum atomic E-state index is -0.621. The second-order valence-corrected chi connectivity index (χ2v) is 15.2.